The predicted molar refractivity (Wildman–Crippen MR) is 127 cm³/mol. The second-order valence-electron chi connectivity index (χ2n) is 8.57. The molecule has 0 aliphatic carbocycles. The van der Waals surface area contributed by atoms with E-state index >= 15 is 0 Å². The lowest BCUT2D eigenvalue weighted by atomic mass is 9.90. The van der Waals surface area contributed by atoms with Gasteiger partial charge in [-0.3, -0.25) is 9.69 Å². The van der Waals surface area contributed by atoms with Crippen molar-refractivity contribution in [2.24, 2.45) is 0 Å². The summed E-state index contributed by atoms with van der Waals surface area (Å²) in [5, 5.41) is 10.0. The molecule has 4 rings (SSSR count). The lowest BCUT2D eigenvalue weighted by molar-refractivity contribution is -0.145. The Morgan fingerprint density at radius 3 is 2.54 bits per heavy atom. The maximum atomic E-state index is 13.6. The average molecular weight is 504 g/mol. The monoisotopic (exact) mass is 503 g/mol. The molecule has 0 radical (unpaired) electrons. The molecule has 2 unspecified atom stereocenters. The number of benzene rings is 3. The van der Waals surface area contributed by atoms with Crippen LogP contribution in [0.2, 0.25) is 5.02 Å². The average Bonchev–Trinajstić information content (AvgIpc) is 2.84. The molecule has 8 heteroatoms. The van der Waals surface area contributed by atoms with Crippen LogP contribution in [-0.4, -0.2) is 28.6 Å². The van der Waals surface area contributed by atoms with Gasteiger partial charge in [0.25, 0.3) is 0 Å². The maximum Gasteiger partial charge on any atom is 0.416 e. The fourth-order valence-corrected chi connectivity index (χ4v) is 4.74. The molecule has 0 bridgehead atoms. The van der Waals surface area contributed by atoms with E-state index in [9.17, 15) is 23.1 Å². The fraction of sp³-hybridized carbons (Fsp3) is 0.296. The summed E-state index contributed by atoms with van der Waals surface area (Å²) in [5.41, 5.74) is 0.972. The van der Waals surface area contributed by atoms with E-state index in [2.05, 4.69) is 0 Å². The first-order chi connectivity index (χ1) is 16.7. The topological polar surface area (TPSA) is 49.8 Å². The number of ether oxygens (including phenoxy) is 1. The van der Waals surface area contributed by atoms with Gasteiger partial charge in [-0.1, -0.05) is 60.5 Å². The van der Waals surface area contributed by atoms with Crippen molar-refractivity contribution in [2.75, 3.05) is 6.54 Å². The molecule has 35 heavy (non-hydrogen) atoms. The number of carboxylic acids is 1. The summed E-state index contributed by atoms with van der Waals surface area (Å²) < 4.78 is 46.6. The Kier molecular flexibility index (Phi) is 7.67. The molecule has 0 saturated carbocycles. The van der Waals surface area contributed by atoms with Gasteiger partial charge >= 0.3 is 12.1 Å². The van der Waals surface area contributed by atoms with E-state index in [-0.39, 0.29) is 10.6 Å². The molecule has 2 atom stereocenters. The minimum Gasteiger partial charge on any atom is -0.489 e. The van der Waals surface area contributed by atoms with Crippen molar-refractivity contribution in [3.05, 3.63) is 100 Å². The van der Waals surface area contributed by atoms with E-state index in [1.165, 1.54) is 6.07 Å². The molecule has 3 aromatic carbocycles. The van der Waals surface area contributed by atoms with E-state index in [1.54, 1.807) is 29.2 Å². The van der Waals surface area contributed by atoms with Crippen LogP contribution in [0.3, 0.4) is 0 Å². The van der Waals surface area contributed by atoms with Gasteiger partial charge in [-0.2, -0.15) is 13.2 Å². The van der Waals surface area contributed by atoms with E-state index in [0.717, 1.165) is 30.5 Å². The Bertz CT molecular complexity index is 1170. The van der Waals surface area contributed by atoms with Crippen LogP contribution < -0.4 is 4.74 Å². The Hall–Kier alpha value is -3.03. The van der Waals surface area contributed by atoms with Crippen molar-refractivity contribution in [1.82, 2.24) is 4.90 Å². The van der Waals surface area contributed by atoms with E-state index in [0.29, 0.717) is 30.9 Å². The highest BCUT2D eigenvalue weighted by Crippen LogP contribution is 2.41. The van der Waals surface area contributed by atoms with Gasteiger partial charge in [0.1, 0.15) is 18.4 Å². The number of carboxylic acid groups (broad SMARTS) is 1. The molecule has 1 aliphatic heterocycles. The molecule has 1 saturated heterocycles. The van der Waals surface area contributed by atoms with E-state index in [4.69, 9.17) is 16.3 Å². The van der Waals surface area contributed by atoms with Crippen molar-refractivity contribution in [1.29, 1.82) is 0 Å². The van der Waals surface area contributed by atoms with Gasteiger partial charge in [0.2, 0.25) is 0 Å². The van der Waals surface area contributed by atoms with Crippen molar-refractivity contribution in [3.8, 4) is 5.75 Å². The first kappa shape index (κ1) is 25.1. The van der Waals surface area contributed by atoms with Gasteiger partial charge in [0.15, 0.2) is 0 Å². The highest BCUT2D eigenvalue weighted by molar-refractivity contribution is 6.31. The molecule has 3 aromatic rings. The SMILES string of the molecule is O=C(O)C1CCCCN1C(c1cccc(OCc2ccccc2)c1)c1cc(C(F)(F)F)ccc1Cl. The second-order valence-corrected chi connectivity index (χ2v) is 8.98. The molecule has 1 fully saturated rings. The van der Waals surface area contributed by atoms with E-state index in [1.807, 2.05) is 30.3 Å². The molecule has 0 amide bonds. The van der Waals surface area contributed by atoms with E-state index < -0.39 is 29.8 Å². The number of hydrogen-bond donors (Lipinski definition) is 1. The van der Waals surface area contributed by atoms with Crippen LogP contribution in [0.25, 0.3) is 0 Å². The van der Waals surface area contributed by atoms with Gasteiger partial charge in [-0.25, -0.2) is 0 Å². The zero-order chi connectivity index (χ0) is 25.0. The zero-order valence-electron chi connectivity index (χ0n) is 18.8. The molecule has 1 aliphatic rings. The highest BCUT2D eigenvalue weighted by Gasteiger charge is 2.38. The Morgan fingerprint density at radius 2 is 1.83 bits per heavy atom. The summed E-state index contributed by atoms with van der Waals surface area (Å²) in [4.78, 5) is 13.8. The largest absolute Gasteiger partial charge is 0.489 e. The molecular weight excluding hydrogens is 479 g/mol. The number of alkyl halides is 3. The maximum absolute atomic E-state index is 13.6. The third kappa shape index (κ3) is 5.97. The number of likely N-dealkylation sites (tertiary alicyclic amines) is 1. The van der Waals surface area contributed by atoms with Crippen molar-refractivity contribution in [2.45, 2.75) is 44.1 Å². The summed E-state index contributed by atoms with van der Waals surface area (Å²) in [5.74, 6) is -0.474. The Balaban J connectivity index is 1.76. The summed E-state index contributed by atoms with van der Waals surface area (Å²) in [6, 6.07) is 18.2. The first-order valence-electron chi connectivity index (χ1n) is 11.4. The Morgan fingerprint density at radius 1 is 1.06 bits per heavy atom. The van der Waals surface area contributed by atoms with Crippen molar-refractivity contribution in [3.63, 3.8) is 0 Å². The van der Waals surface area contributed by atoms with Crippen LogP contribution in [0.15, 0.2) is 72.8 Å². The van der Waals surface area contributed by atoms with Gasteiger partial charge in [-0.05, 0) is 66.4 Å². The van der Waals surface area contributed by atoms with Crippen molar-refractivity contribution < 1.29 is 27.8 Å². The quantitative estimate of drug-likeness (QED) is 0.378. The number of halogens is 4. The number of hydrogen-bond acceptors (Lipinski definition) is 3. The highest BCUT2D eigenvalue weighted by atomic mass is 35.5. The molecular formula is C27H25ClF3NO3. The lowest BCUT2D eigenvalue weighted by Crippen LogP contribution is -2.47. The van der Waals surface area contributed by atoms with Gasteiger partial charge in [-0.15, -0.1) is 0 Å². The van der Waals surface area contributed by atoms with Crippen molar-refractivity contribution >= 4 is 17.6 Å². The summed E-state index contributed by atoms with van der Waals surface area (Å²) in [6.45, 7) is 0.740. The fourth-order valence-electron chi connectivity index (χ4n) is 4.52. The van der Waals surface area contributed by atoms with Crippen LogP contribution in [0, 0.1) is 0 Å². The predicted octanol–water partition coefficient (Wildman–Crippen LogP) is 6.97. The smallest absolute Gasteiger partial charge is 0.416 e. The number of rotatable bonds is 7. The molecule has 1 heterocycles. The third-order valence-electron chi connectivity index (χ3n) is 6.20. The molecule has 0 spiro atoms. The van der Waals surface area contributed by atoms with Gasteiger partial charge < -0.3 is 9.84 Å². The van der Waals surface area contributed by atoms with Crippen LogP contribution in [0.1, 0.15) is 47.6 Å². The summed E-state index contributed by atoms with van der Waals surface area (Å²) in [7, 11) is 0. The van der Waals surface area contributed by atoms with Crippen LogP contribution in [0.5, 0.6) is 5.75 Å². The standard InChI is InChI=1S/C27H25ClF3NO3/c28-23-13-12-20(27(29,30)31)16-22(23)25(32-14-5-4-11-24(32)26(33)34)19-9-6-10-21(15-19)35-17-18-7-2-1-3-8-18/h1-3,6-10,12-13,15-16,24-25H,4-5,11,14,17H2,(H,33,34). The van der Waals surface area contributed by atoms with Crippen LogP contribution >= 0.6 is 11.6 Å². The minimum atomic E-state index is -4.56. The van der Waals surface area contributed by atoms with Crippen LogP contribution in [-0.2, 0) is 17.6 Å². The molecule has 4 nitrogen and oxygen atoms in total. The molecule has 0 aromatic heterocycles. The molecule has 1 N–H and O–H groups in total. The Labute approximate surface area is 206 Å². The molecule has 184 valence electrons. The lowest BCUT2D eigenvalue weighted by Gasteiger charge is -2.40. The zero-order valence-corrected chi connectivity index (χ0v) is 19.6. The summed E-state index contributed by atoms with van der Waals surface area (Å²) in [6.07, 6.45) is -2.68. The number of aliphatic carboxylic acids is 1. The number of carbonyl (C=O) groups is 1. The van der Waals surface area contributed by atoms with Gasteiger partial charge in [0.05, 0.1) is 11.6 Å². The van der Waals surface area contributed by atoms with Crippen LogP contribution in [0.4, 0.5) is 13.2 Å². The minimum absolute atomic E-state index is 0.147. The first-order valence-corrected chi connectivity index (χ1v) is 11.7. The number of piperidine rings is 1. The normalized spacial score (nSPS) is 17.7. The summed E-state index contributed by atoms with van der Waals surface area (Å²) >= 11 is 6.45. The number of nitrogens with zero attached hydrogens (tertiary/aromatic N) is 1. The second kappa shape index (κ2) is 10.7. The third-order valence-corrected chi connectivity index (χ3v) is 6.55. The van der Waals surface area contributed by atoms with Gasteiger partial charge in [0, 0.05) is 5.02 Å².